The van der Waals surface area contributed by atoms with Crippen LogP contribution in [0.2, 0.25) is 0 Å². The molecule has 0 saturated carbocycles. The Morgan fingerprint density at radius 3 is 2.88 bits per heavy atom. The molecule has 16 heavy (non-hydrogen) atoms. The van der Waals surface area contributed by atoms with E-state index in [9.17, 15) is 8.78 Å². The van der Waals surface area contributed by atoms with Crippen LogP contribution in [-0.2, 0) is 6.42 Å². The Morgan fingerprint density at radius 2 is 2.12 bits per heavy atom. The molecule has 0 fully saturated rings. The lowest BCUT2D eigenvalue weighted by molar-refractivity contribution is -0.286. The quantitative estimate of drug-likeness (QED) is 0.743. The van der Waals surface area contributed by atoms with Gasteiger partial charge in [-0.2, -0.15) is 5.26 Å². The summed E-state index contributed by atoms with van der Waals surface area (Å²) < 4.78 is 34.4. The largest absolute Gasteiger partial charge is 0.586 e. The SMILES string of the molecule is N#CCCCc1cccc2c1OC(F)(F)O2. The monoisotopic (exact) mass is 225 g/mol. The normalized spacial score (nSPS) is 15.8. The van der Waals surface area contributed by atoms with Crippen LogP contribution in [-0.4, -0.2) is 6.29 Å². The van der Waals surface area contributed by atoms with Crippen molar-refractivity contribution in [1.29, 1.82) is 5.26 Å². The van der Waals surface area contributed by atoms with E-state index in [1.165, 1.54) is 6.07 Å². The number of hydrogen-bond donors (Lipinski definition) is 0. The molecular formula is C11H9F2NO2. The third-order valence-corrected chi connectivity index (χ3v) is 2.24. The Labute approximate surface area is 91.2 Å². The van der Waals surface area contributed by atoms with Gasteiger partial charge in [0, 0.05) is 6.42 Å². The van der Waals surface area contributed by atoms with E-state index in [-0.39, 0.29) is 11.5 Å². The zero-order valence-electron chi connectivity index (χ0n) is 8.37. The molecule has 0 radical (unpaired) electrons. The number of unbranched alkanes of at least 4 members (excludes halogenated alkanes) is 1. The zero-order chi connectivity index (χ0) is 11.6. The highest BCUT2D eigenvalue weighted by molar-refractivity contribution is 5.48. The van der Waals surface area contributed by atoms with Gasteiger partial charge < -0.3 is 9.47 Å². The number of aryl methyl sites for hydroxylation is 1. The molecule has 5 heteroatoms. The Morgan fingerprint density at radius 1 is 1.31 bits per heavy atom. The maximum absolute atomic E-state index is 12.8. The van der Waals surface area contributed by atoms with Crippen LogP contribution >= 0.6 is 0 Å². The zero-order valence-corrected chi connectivity index (χ0v) is 8.37. The van der Waals surface area contributed by atoms with Gasteiger partial charge in [-0.05, 0) is 24.5 Å². The van der Waals surface area contributed by atoms with Crippen LogP contribution < -0.4 is 9.47 Å². The lowest BCUT2D eigenvalue weighted by Gasteiger charge is -2.06. The van der Waals surface area contributed by atoms with E-state index in [4.69, 9.17) is 5.26 Å². The number of nitriles is 1. The second-order valence-electron chi connectivity index (χ2n) is 3.42. The topological polar surface area (TPSA) is 42.2 Å². The van der Waals surface area contributed by atoms with Crippen LogP contribution in [0.1, 0.15) is 18.4 Å². The van der Waals surface area contributed by atoms with Gasteiger partial charge in [0.15, 0.2) is 11.5 Å². The fourth-order valence-electron chi connectivity index (χ4n) is 1.58. The van der Waals surface area contributed by atoms with Gasteiger partial charge in [0.1, 0.15) is 0 Å². The highest BCUT2D eigenvalue weighted by Gasteiger charge is 2.44. The highest BCUT2D eigenvalue weighted by Crippen LogP contribution is 2.43. The standard InChI is InChI=1S/C11H9F2NO2/c12-11(13)15-9-6-3-5-8(10(9)16-11)4-1-2-7-14/h3,5-6H,1-2,4H2. The molecule has 0 amide bonds. The second kappa shape index (κ2) is 3.97. The summed E-state index contributed by atoms with van der Waals surface area (Å²) in [6.07, 6.45) is -2.05. The Kier molecular flexibility index (Phi) is 2.65. The molecule has 0 N–H and O–H groups in total. The minimum atomic E-state index is -3.58. The molecular weight excluding hydrogens is 216 g/mol. The van der Waals surface area contributed by atoms with Gasteiger partial charge in [-0.1, -0.05) is 12.1 Å². The third-order valence-electron chi connectivity index (χ3n) is 2.24. The molecule has 0 unspecified atom stereocenters. The summed E-state index contributed by atoms with van der Waals surface area (Å²) in [5.41, 5.74) is 0.643. The summed E-state index contributed by atoms with van der Waals surface area (Å²) in [5.74, 6) is 0.143. The van der Waals surface area contributed by atoms with E-state index in [2.05, 4.69) is 9.47 Å². The maximum atomic E-state index is 12.8. The Hall–Kier alpha value is -1.83. The average molecular weight is 225 g/mol. The molecule has 3 nitrogen and oxygen atoms in total. The molecule has 84 valence electrons. The van der Waals surface area contributed by atoms with Crippen LogP contribution in [0.4, 0.5) is 8.78 Å². The first-order valence-corrected chi connectivity index (χ1v) is 4.87. The molecule has 2 rings (SSSR count). The number of halogens is 2. The van der Waals surface area contributed by atoms with Crippen LogP contribution in [0.15, 0.2) is 18.2 Å². The van der Waals surface area contributed by atoms with Gasteiger partial charge in [0.05, 0.1) is 6.07 Å². The summed E-state index contributed by atoms with van der Waals surface area (Å²) in [6, 6.07) is 6.76. The van der Waals surface area contributed by atoms with Gasteiger partial charge in [-0.3, -0.25) is 0 Å². The molecule has 0 aromatic heterocycles. The number of ether oxygens (including phenoxy) is 2. The van der Waals surface area contributed by atoms with Crippen molar-refractivity contribution in [1.82, 2.24) is 0 Å². The molecule has 1 aromatic carbocycles. The third kappa shape index (κ3) is 2.06. The van der Waals surface area contributed by atoms with Crippen molar-refractivity contribution >= 4 is 0 Å². The van der Waals surface area contributed by atoms with Crippen LogP contribution in [0.25, 0.3) is 0 Å². The molecule has 1 aliphatic rings. The van der Waals surface area contributed by atoms with Crippen LogP contribution in [0.5, 0.6) is 11.5 Å². The molecule has 1 aliphatic heterocycles. The minimum Gasteiger partial charge on any atom is -0.395 e. The van der Waals surface area contributed by atoms with Crippen molar-refractivity contribution in [2.24, 2.45) is 0 Å². The van der Waals surface area contributed by atoms with Crippen molar-refractivity contribution in [3.05, 3.63) is 23.8 Å². The number of benzene rings is 1. The highest BCUT2D eigenvalue weighted by atomic mass is 19.3. The molecule has 1 aromatic rings. The predicted octanol–water partition coefficient (Wildman–Crippen LogP) is 2.85. The van der Waals surface area contributed by atoms with E-state index < -0.39 is 6.29 Å². The fraction of sp³-hybridized carbons (Fsp3) is 0.364. The summed E-state index contributed by atoms with van der Waals surface area (Å²) in [6.45, 7) is 0. The number of rotatable bonds is 3. The van der Waals surface area contributed by atoms with Gasteiger partial charge in [0.25, 0.3) is 0 Å². The molecule has 0 aliphatic carbocycles. The van der Waals surface area contributed by atoms with E-state index in [0.717, 1.165) is 0 Å². The molecule has 0 atom stereocenters. The van der Waals surface area contributed by atoms with Crippen molar-refractivity contribution in [2.45, 2.75) is 25.6 Å². The Bertz CT molecular complexity index is 440. The Balaban J connectivity index is 2.17. The first kappa shape index (κ1) is 10.7. The number of alkyl halides is 2. The average Bonchev–Trinajstić information content (AvgIpc) is 2.53. The van der Waals surface area contributed by atoms with E-state index >= 15 is 0 Å². The molecule has 0 spiro atoms. The van der Waals surface area contributed by atoms with Crippen molar-refractivity contribution in [3.8, 4) is 17.6 Å². The van der Waals surface area contributed by atoms with Crippen molar-refractivity contribution < 1.29 is 18.3 Å². The summed E-state index contributed by atoms with van der Waals surface area (Å²) in [7, 11) is 0. The molecule has 0 saturated heterocycles. The van der Waals surface area contributed by atoms with E-state index in [0.29, 0.717) is 24.8 Å². The summed E-state index contributed by atoms with van der Waals surface area (Å²) in [5, 5.41) is 8.39. The minimum absolute atomic E-state index is 0.0551. The van der Waals surface area contributed by atoms with E-state index in [1.54, 1.807) is 12.1 Å². The van der Waals surface area contributed by atoms with Crippen molar-refractivity contribution in [2.75, 3.05) is 0 Å². The first-order valence-electron chi connectivity index (χ1n) is 4.87. The lowest BCUT2D eigenvalue weighted by atomic mass is 10.1. The molecule has 1 heterocycles. The maximum Gasteiger partial charge on any atom is 0.586 e. The van der Waals surface area contributed by atoms with Gasteiger partial charge in [-0.15, -0.1) is 8.78 Å². The van der Waals surface area contributed by atoms with Gasteiger partial charge in [0.2, 0.25) is 0 Å². The first-order chi connectivity index (χ1) is 7.62. The number of fused-ring (bicyclic) bond motifs is 1. The number of nitrogens with zero attached hydrogens (tertiary/aromatic N) is 1. The van der Waals surface area contributed by atoms with Crippen LogP contribution in [0.3, 0.4) is 0 Å². The second-order valence-corrected chi connectivity index (χ2v) is 3.42. The smallest absolute Gasteiger partial charge is 0.395 e. The number of hydrogen-bond acceptors (Lipinski definition) is 3. The molecule has 0 bridgehead atoms. The number of para-hydroxylation sites is 1. The predicted molar refractivity (Wildman–Crippen MR) is 51.2 cm³/mol. The van der Waals surface area contributed by atoms with Gasteiger partial charge >= 0.3 is 6.29 Å². The van der Waals surface area contributed by atoms with Gasteiger partial charge in [-0.25, -0.2) is 0 Å². The van der Waals surface area contributed by atoms with Crippen molar-refractivity contribution in [3.63, 3.8) is 0 Å². The van der Waals surface area contributed by atoms with Crippen LogP contribution in [0, 0.1) is 11.3 Å². The fourth-order valence-corrected chi connectivity index (χ4v) is 1.58. The van der Waals surface area contributed by atoms with E-state index in [1.807, 2.05) is 6.07 Å². The summed E-state index contributed by atoms with van der Waals surface area (Å²) in [4.78, 5) is 0. The lowest BCUT2D eigenvalue weighted by Crippen LogP contribution is -2.26. The summed E-state index contributed by atoms with van der Waals surface area (Å²) >= 11 is 0.